The number of benzene rings is 1. The Morgan fingerprint density at radius 3 is 1.60 bits per heavy atom. The Morgan fingerprint density at radius 2 is 1.27 bits per heavy atom. The van der Waals surface area contributed by atoms with E-state index in [4.69, 9.17) is 0 Å². The first-order valence-electron chi connectivity index (χ1n) is 5.75. The van der Waals surface area contributed by atoms with Crippen LogP contribution >= 0.6 is 0 Å². The van der Waals surface area contributed by atoms with Crippen LogP contribution < -0.4 is 10.6 Å². The topological polar surface area (TPSA) is 24.1 Å². The second-order valence-corrected chi connectivity index (χ2v) is 4.87. The van der Waals surface area contributed by atoms with Crippen LogP contribution in [0.5, 0.6) is 0 Å². The van der Waals surface area contributed by atoms with E-state index in [9.17, 15) is 0 Å². The minimum atomic E-state index is 0.593. The molecule has 0 saturated heterocycles. The summed E-state index contributed by atoms with van der Waals surface area (Å²) in [6.07, 6.45) is 0. The number of nitrogens with one attached hydrogen (secondary N) is 2. The Labute approximate surface area is 92.1 Å². The van der Waals surface area contributed by atoms with Gasteiger partial charge in [-0.05, 0) is 35.1 Å². The predicted molar refractivity (Wildman–Crippen MR) is 66.7 cm³/mol. The van der Waals surface area contributed by atoms with Crippen molar-refractivity contribution >= 4 is 11.4 Å². The molecule has 0 atom stereocenters. The fourth-order valence-corrected chi connectivity index (χ4v) is 2.16. The van der Waals surface area contributed by atoms with E-state index >= 15 is 0 Å². The van der Waals surface area contributed by atoms with Gasteiger partial charge in [0.1, 0.15) is 0 Å². The van der Waals surface area contributed by atoms with E-state index in [1.165, 1.54) is 22.5 Å². The Morgan fingerprint density at radius 1 is 0.867 bits per heavy atom. The Bertz CT molecular complexity index is 332. The summed E-state index contributed by atoms with van der Waals surface area (Å²) in [5.41, 5.74) is 5.45. The number of hydrogen-bond acceptors (Lipinski definition) is 2. The third kappa shape index (κ3) is 1.81. The van der Waals surface area contributed by atoms with Crippen molar-refractivity contribution in [2.24, 2.45) is 0 Å². The van der Waals surface area contributed by atoms with Gasteiger partial charge in [-0.25, -0.2) is 0 Å². The molecule has 0 radical (unpaired) electrons. The van der Waals surface area contributed by atoms with E-state index in [0.29, 0.717) is 11.8 Å². The monoisotopic (exact) mass is 204 g/mol. The minimum absolute atomic E-state index is 0.593. The molecule has 0 amide bonds. The first-order valence-corrected chi connectivity index (χ1v) is 5.75. The highest BCUT2D eigenvalue weighted by Gasteiger charge is 2.16. The molecule has 1 aromatic rings. The van der Waals surface area contributed by atoms with Crippen molar-refractivity contribution in [3.05, 3.63) is 23.3 Å². The lowest BCUT2D eigenvalue weighted by Crippen LogP contribution is -1.99. The van der Waals surface area contributed by atoms with Gasteiger partial charge < -0.3 is 10.6 Å². The van der Waals surface area contributed by atoms with E-state index < -0.39 is 0 Å². The normalized spacial score (nSPS) is 14.0. The number of fused-ring (bicyclic) bond motifs is 1. The van der Waals surface area contributed by atoms with Gasteiger partial charge >= 0.3 is 0 Å². The summed E-state index contributed by atoms with van der Waals surface area (Å²) in [5.74, 6) is 1.19. The van der Waals surface area contributed by atoms with E-state index in [1.807, 2.05) is 0 Å². The van der Waals surface area contributed by atoms with Gasteiger partial charge in [0.2, 0.25) is 0 Å². The minimum Gasteiger partial charge on any atom is -0.366 e. The lowest BCUT2D eigenvalue weighted by Gasteiger charge is -2.17. The van der Waals surface area contributed by atoms with Gasteiger partial charge in [-0.1, -0.05) is 27.7 Å². The summed E-state index contributed by atoms with van der Waals surface area (Å²) in [6, 6.07) is 4.60. The molecule has 0 bridgehead atoms. The van der Waals surface area contributed by atoms with Gasteiger partial charge in [0.15, 0.2) is 0 Å². The number of anilines is 2. The predicted octanol–water partition coefficient (Wildman–Crippen LogP) is 3.73. The van der Waals surface area contributed by atoms with Crippen molar-refractivity contribution in [1.29, 1.82) is 0 Å². The largest absolute Gasteiger partial charge is 0.366 e. The van der Waals surface area contributed by atoms with Crippen molar-refractivity contribution in [2.75, 3.05) is 17.3 Å². The molecule has 0 unspecified atom stereocenters. The Hall–Kier alpha value is -1.18. The van der Waals surface area contributed by atoms with Crippen molar-refractivity contribution in [3.8, 4) is 0 Å². The molecule has 1 heterocycles. The fourth-order valence-electron chi connectivity index (χ4n) is 2.16. The van der Waals surface area contributed by atoms with Gasteiger partial charge in [-0.3, -0.25) is 0 Å². The van der Waals surface area contributed by atoms with Crippen molar-refractivity contribution < 1.29 is 0 Å². The summed E-state index contributed by atoms with van der Waals surface area (Å²) >= 11 is 0. The summed E-state index contributed by atoms with van der Waals surface area (Å²) in [7, 11) is 0. The molecule has 0 spiro atoms. The first-order chi connectivity index (χ1) is 7.09. The van der Waals surface area contributed by atoms with Crippen LogP contribution in [0.15, 0.2) is 12.1 Å². The van der Waals surface area contributed by atoms with E-state index in [0.717, 1.165) is 6.67 Å². The zero-order valence-electron chi connectivity index (χ0n) is 10.0. The second-order valence-electron chi connectivity index (χ2n) is 4.87. The highest BCUT2D eigenvalue weighted by atomic mass is 15.1. The maximum Gasteiger partial charge on any atom is 0.0850 e. The van der Waals surface area contributed by atoms with Crippen molar-refractivity contribution in [3.63, 3.8) is 0 Å². The third-order valence-electron chi connectivity index (χ3n) is 3.02. The molecule has 2 N–H and O–H groups in total. The van der Waals surface area contributed by atoms with Crippen LogP contribution in [-0.4, -0.2) is 6.67 Å². The maximum atomic E-state index is 3.35. The number of hydrogen-bond donors (Lipinski definition) is 2. The van der Waals surface area contributed by atoms with Crippen LogP contribution in [0.4, 0.5) is 11.4 Å². The zero-order chi connectivity index (χ0) is 11.0. The third-order valence-corrected chi connectivity index (χ3v) is 3.02. The van der Waals surface area contributed by atoms with Gasteiger partial charge in [0.25, 0.3) is 0 Å². The molecule has 0 aliphatic carbocycles. The average molecular weight is 204 g/mol. The maximum absolute atomic E-state index is 3.35. The molecule has 15 heavy (non-hydrogen) atoms. The van der Waals surface area contributed by atoms with Gasteiger partial charge in [0, 0.05) is 0 Å². The molecule has 2 nitrogen and oxygen atoms in total. The van der Waals surface area contributed by atoms with Gasteiger partial charge in [-0.2, -0.15) is 0 Å². The average Bonchev–Trinajstić information content (AvgIpc) is 2.61. The molecule has 0 saturated carbocycles. The molecule has 82 valence electrons. The van der Waals surface area contributed by atoms with Crippen LogP contribution in [0.1, 0.15) is 50.7 Å². The summed E-state index contributed by atoms with van der Waals surface area (Å²) in [6.45, 7) is 9.90. The van der Waals surface area contributed by atoms with Crippen LogP contribution in [0.2, 0.25) is 0 Å². The van der Waals surface area contributed by atoms with E-state index in [-0.39, 0.29) is 0 Å². The molecule has 2 heteroatoms. The lowest BCUT2D eigenvalue weighted by atomic mass is 9.89. The molecule has 0 fully saturated rings. The molecule has 1 aliphatic rings. The SMILES string of the molecule is CC(C)c1cc2c(cc1C(C)C)NCN2. The van der Waals surface area contributed by atoms with Crippen LogP contribution in [0.3, 0.4) is 0 Å². The highest BCUT2D eigenvalue weighted by molar-refractivity contribution is 5.75. The van der Waals surface area contributed by atoms with Gasteiger partial charge in [0.05, 0.1) is 18.0 Å². The smallest absolute Gasteiger partial charge is 0.0850 e. The summed E-state index contributed by atoms with van der Waals surface area (Å²) < 4.78 is 0. The summed E-state index contributed by atoms with van der Waals surface area (Å²) in [5, 5.41) is 6.70. The van der Waals surface area contributed by atoms with E-state index in [2.05, 4.69) is 50.5 Å². The molecule has 1 aromatic carbocycles. The van der Waals surface area contributed by atoms with Crippen LogP contribution in [0.25, 0.3) is 0 Å². The molecule has 2 rings (SSSR count). The molecule has 0 aromatic heterocycles. The molecular weight excluding hydrogens is 184 g/mol. The second kappa shape index (κ2) is 3.76. The molecular formula is C13H20N2. The first kappa shape index (κ1) is 10.3. The van der Waals surface area contributed by atoms with Gasteiger partial charge in [-0.15, -0.1) is 0 Å². The van der Waals surface area contributed by atoms with Crippen LogP contribution in [-0.2, 0) is 0 Å². The van der Waals surface area contributed by atoms with Crippen molar-refractivity contribution in [1.82, 2.24) is 0 Å². The lowest BCUT2D eigenvalue weighted by molar-refractivity contribution is 0.791. The standard InChI is InChI=1S/C13H20N2/c1-8(2)10-5-12-13(15-7-14-12)6-11(10)9(3)4/h5-6,8-9,14-15H,7H2,1-4H3. The summed E-state index contributed by atoms with van der Waals surface area (Å²) in [4.78, 5) is 0. The Balaban J connectivity index is 2.52. The van der Waals surface area contributed by atoms with Crippen LogP contribution in [0, 0.1) is 0 Å². The zero-order valence-corrected chi connectivity index (χ0v) is 10.0. The van der Waals surface area contributed by atoms with E-state index in [1.54, 1.807) is 0 Å². The quantitative estimate of drug-likeness (QED) is 0.767. The highest BCUT2D eigenvalue weighted by Crippen LogP contribution is 2.36. The number of rotatable bonds is 2. The Kier molecular flexibility index (Phi) is 2.59. The fraction of sp³-hybridized carbons (Fsp3) is 0.538. The molecule has 1 aliphatic heterocycles. The van der Waals surface area contributed by atoms with Crippen molar-refractivity contribution in [2.45, 2.75) is 39.5 Å².